The average molecular weight is 355 g/mol. The third-order valence-corrected chi connectivity index (χ3v) is 4.15. The highest BCUT2D eigenvalue weighted by molar-refractivity contribution is 9.10. The van der Waals surface area contributed by atoms with Gasteiger partial charge in [0.2, 0.25) is 0 Å². The summed E-state index contributed by atoms with van der Waals surface area (Å²) in [6.07, 6.45) is 0.613. The lowest BCUT2D eigenvalue weighted by molar-refractivity contribution is 0.0522. The first-order chi connectivity index (χ1) is 9.74. The van der Waals surface area contributed by atoms with Crippen molar-refractivity contribution in [2.75, 3.05) is 0 Å². The molecule has 2 atom stereocenters. The second-order valence-corrected chi connectivity index (χ2v) is 7.41. The van der Waals surface area contributed by atoms with E-state index < -0.39 is 5.60 Å². The fourth-order valence-electron chi connectivity index (χ4n) is 2.03. The van der Waals surface area contributed by atoms with Crippen LogP contribution in [-0.4, -0.2) is 23.8 Å². The highest BCUT2D eigenvalue weighted by Gasteiger charge is 2.38. The van der Waals surface area contributed by atoms with E-state index >= 15 is 0 Å². The van der Waals surface area contributed by atoms with Gasteiger partial charge in [-0.2, -0.15) is 0 Å². The number of carbonyl (C=O) groups excluding carboxylic acids is 1. The minimum atomic E-state index is -0.448. The molecule has 2 N–H and O–H groups in total. The largest absolute Gasteiger partial charge is 0.444 e. The first-order valence-electron chi connectivity index (χ1n) is 7.22. The molecule has 0 aliphatic heterocycles. The molecule has 0 radical (unpaired) electrons. The van der Waals surface area contributed by atoms with Crippen LogP contribution in [-0.2, 0) is 11.3 Å². The minimum Gasteiger partial charge on any atom is -0.444 e. The van der Waals surface area contributed by atoms with E-state index in [-0.39, 0.29) is 12.1 Å². The van der Waals surface area contributed by atoms with Crippen LogP contribution in [0.1, 0.15) is 38.3 Å². The monoisotopic (exact) mass is 354 g/mol. The molecule has 1 amide bonds. The van der Waals surface area contributed by atoms with E-state index in [0.717, 1.165) is 17.4 Å². The molecule has 1 aliphatic carbocycles. The van der Waals surface area contributed by atoms with Crippen LogP contribution in [0.15, 0.2) is 22.7 Å². The molecule has 0 heterocycles. The number of rotatable bonds is 4. The SMILES string of the molecule is Cc1ccc(CNC2CC2NC(=O)OC(C)(C)C)cc1Br. The summed E-state index contributed by atoms with van der Waals surface area (Å²) < 4.78 is 6.37. The Hall–Kier alpha value is -1.07. The smallest absolute Gasteiger partial charge is 0.407 e. The second-order valence-electron chi connectivity index (χ2n) is 6.56. The quantitative estimate of drug-likeness (QED) is 0.869. The van der Waals surface area contributed by atoms with Crippen LogP contribution in [0, 0.1) is 6.92 Å². The average Bonchev–Trinajstić information content (AvgIpc) is 3.06. The maximum absolute atomic E-state index is 11.6. The summed E-state index contributed by atoms with van der Waals surface area (Å²) in [6.45, 7) is 8.47. The van der Waals surface area contributed by atoms with Gasteiger partial charge in [0.25, 0.3) is 0 Å². The van der Waals surface area contributed by atoms with E-state index in [2.05, 4.69) is 51.7 Å². The van der Waals surface area contributed by atoms with Gasteiger partial charge < -0.3 is 15.4 Å². The molecule has 1 aliphatic rings. The molecule has 116 valence electrons. The van der Waals surface area contributed by atoms with Crippen molar-refractivity contribution in [1.82, 2.24) is 10.6 Å². The lowest BCUT2D eigenvalue weighted by Gasteiger charge is -2.19. The van der Waals surface area contributed by atoms with E-state index in [9.17, 15) is 4.79 Å². The lowest BCUT2D eigenvalue weighted by Crippen LogP contribution is -2.36. The van der Waals surface area contributed by atoms with Gasteiger partial charge in [0.05, 0.1) is 0 Å². The van der Waals surface area contributed by atoms with Crippen LogP contribution in [0.3, 0.4) is 0 Å². The number of alkyl carbamates (subject to hydrolysis) is 1. The van der Waals surface area contributed by atoms with Gasteiger partial charge >= 0.3 is 6.09 Å². The van der Waals surface area contributed by atoms with Gasteiger partial charge in [0.1, 0.15) is 5.60 Å². The number of hydrogen-bond acceptors (Lipinski definition) is 3. The molecule has 1 aromatic carbocycles. The number of carbonyl (C=O) groups is 1. The van der Waals surface area contributed by atoms with E-state index in [1.165, 1.54) is 11.1 Å². The van der Waals surface area contributed by atoms with Crippen molar-refractivity contribution in [1.29, 1.82) is 0 Å². The minimum absolute atomic E-state index is 0.175. The number of aryl methyl sites for hydroxylation is 1. The normalized spacial score (nSPS) is 21.0. The molecular weight excluding hydrogens is 332 g/mol. The van der Waals surface area contributed by atoms with Crippen LogP contribution in [0.4, 0.5) is 4.79 Å². The highest BCUT2D eigenvalue weighted by atomic mass is 79.9. The summed E-state index contributed by atoms with van der Waals surface area (Å²) in [5, 5.41) is 6.33. The van der Waals surface area contributed by atoms with Crippen LogP contribution in [0.2, 0.25) is 0 Å². The Morgan fingerprint density at radius 1 is 1.38 bits per heavy atom. The molecule has 21 heavy (non-hydrogen) atoms. The maximum atomic E-state index is 11.6. The van der Waals surface area contributed by atoms with Crippen molar-refractivity contribution >= 4 is 22.0 Å². The van der Waals surface area contributed by atoms with Crippen LogP contribution >= 0.6 is 15.9 Å². The number of benzene rings is 1. The molecule has 0 spiro atoms. The summed E-state index contributed by atoms with van der Waals surface area (Å²) in [5.41, 5.74) is 2.01. The molecule has 5 heteroatoms. The summed E-state index contributed by atoms with van der Waals surface area (Å²) >= 11 is 3.54. The van der Waals surface area contributed by atoms with Crippen molar-refractivity contribution < 1.29 is 9.53 Å². The van der Waals surface area contributed by atoms with Crippen molar-refractivity contribution in [3.05, 3.63) is 33.8 Å². The third kappa shape index (κ3) is 5.32. The Morgan fingerprint density at radius 3 is 2.71 bits per heavy atom. The zero-order valence-corrected chi connectivity index (χ0v) is 14.6. The van der Waals surface area contributed by atoms with Crippen molar-refractivity contribution in [3.63, 3.8) is 0 Å². The molecule has 0 bridgehead atoms. The van der Waals surface area contributed by atoms with Gasteiger partial charge in [0.15, 0.2) is 0 Å². The summed E-state index contributed by atoms with van der Waals surface area (Å²) in [6, 6.07) is 6.85. The molecular formula is C16H23BrN2O2. The topological polar surface area (TPSA) is 50.4 Å². The van der Waals surface area contributed by atoms with Gasteiger partial charge in [-0.1, -0.05) is 28.1 Å². The Labute approximate surface area is 134 Å². The Balaban J connectivity index is 1.72. The van der Waals surface area contributed by atoms with Crippen LogP contribution < -0.4 is 10.6 Å². The molecule has 1 saturated carbocycles. The predicted molar refractivity (Wildman–Crippen MR) is 87.3 cm³/mol. The molecule has 2 unspecified atom stereocenters. The van der Waals surface area contributed by atoms with E-state index in [1.807, 2.05) is 20.8 Å². The molecule has 0 saturated heterocycles. The van der Waals surface area contributed by atoms with Crippen molar-refractivity contribution in [2.45, 2.75) is 58.3 Å². The molecule has 0 aromatic heterocycles. The van der Waals surface area contributed by atoms with Gasteiger partial charge in [0, 0.05) is 23.1 Å². The second kappa shape index (κ2) is 6.36. The standard InChI is InChI=1S/C16H23BrN2O2/c1-10-5-6-11(7-12(10)17)9-18-13-8-14(13)19-15(20)21-16(2,3)4/h5-7,13-14,18H,8-9H2,1-4H3,(H,19,20). The summed E-state index contributed by atoms with van der Waals surface area (Å²) in [7, 11) is 0. The van der Waals surface area contributed by atoms with E-state index in [4.69, 9.17) is 4.74 Å². The van der Waals surface area contributed by atoms with Crippen molar-refractivity contribution in [3.8, 4) is 0 Å². The van der Waals surface area contributed by atoms with Crippen LogP contribution in [0.25, 0.3) is 0 Å². The predicted octanol–water partition coefficient (Wildman–Crippen LogP) is 3.51. The lowest BCUT2D eigenvalue weighted by atomic mass is 10.1. The number of hydrogen-bond donors (Lipinski definition) is 2. The number of ether oxygens (including phenoxy) is 1. The fourth-order valence-corrected chi connectivity index (χ4v) is 2.46. The Bertz CT molecular complexity index is 525. The molecule has 1 fully saturated rings. The molecule has 4 nitrogen and oxygen atoms in total. The van der Waals surface area contributed by atoms with Gasteiger partial charge in [-0.3, -0.25) is 0 Å². The maximum Gasteiger partial charge on any atom is 0.407 e. The third-order valence-electron chi connectivity index (χ3n) is 3.30. The Morgan fingerprint density at radius 2 is 2.10 bits per heavy atom. The summed E-state index contributed by atoms with van der Waals surface area (Å²) in [4.78, 5) is 11.6. The molecule has 2 rings (SSSR count). The van der Waals surface area contributed by atoms with Crippen molar-refractivity contribution in [2.24, 2.45) is 0 Å². The van der Waals surface area contributed by atoms with Gasteiger partial charge in [-0.15, -0.1) is 0 Å². The molecule has 1 aromatic rings. The van der Waals surface area contributed by atoms with E-state index in [0.29, 0.717) is 6.04 Å². The number of nitrogens with one attached hydrogen (secondary N) is 2. The van der Waals surface area contributed by atoms with Crippen LogP contribution in [0.5, 0.6) is 0 Å². The van der Waals surface area contributed by atoms with Gasteiger partial charge in [-0.25, -0.2) is 4.79 Å². The number of halogens is 1. The van der Waals surface area contributed by atoms with E-state index in [1.54, 1.807) is 0 Å². The zero-order chi connectivity index (χ0) is 15.6. The number of amides is 1. The first kappa shape index (κ1) is 16.3. The zero-order valence-electron chi connectivity index (χ0n) is 13.0. The Kier molecular flexibility index (Phi) is 4.94. The highest BCUT2D eigenvalue weighted by Crippen LogP contribution is 2.23. The summed E-state index contributed by atoms with van der Waals surface area (Å²) in [5.74, 6) is 0. The fraction of sp³-hybridized carbons (Fsp3) is 0.562. The van der Waals surface area contributed by atoms with Gasteiger partial charge in [-0.05, 0) is 51.3 Å². The first-order valence-corrected chi connectivity index (χ1v) is 8.02.